The molecule has 188 valence electrons. The molecule has 0 bridgehead atoms. The molecule has 10 heteroatoms. The number of H-pyrrole nitrogens is 1. The molecule has 1 saturated heterocycles. The molecule has 2 aliphatic heterocycles. The van der Waals surface area contributed by atoms with Gasteiger partial charge in [-0.3, -0.25) is 24.3 Å². The molecule has 1 atom stereocenters. The molecule has 2 N–H and O–H groups in total. The van der Waals surface area contributed by atoms with Gasteiger partial charge in [-0.25, -0.2) is 8.78 Å². The minimum Gasteiger partial charge on any atom is -0.378 e. The van der Waals surface area contributed by atoms with Crippen LogP contribution in [0.1, 0.15) is 29.3 Å². The summed E-state index contributed by atoms with van der Waals surface area (Å²) in [6.45, 7) is 1.70. The lowest BCUT2D eigenvalue weighted by atomic mass is 9.88. The van der Waals surface area contributed by atoms with Crippen molar-refractivity contribution >= 4 is 16.6 Å². The maximum atomic E-state index is 14.6. The highest BCUT2D eigenvalue weighted by Crippen LogP contribution is 2.39. The van der Waals surface area contributed by atoms with Crippen LogP contribution in [0.25, 0.3) is 10.9 Å². The second kappa shape index (κ2) is 10.1. The van der Waals surface area contributed by atoms with Gasteiger partial charge >= 0.3 is 0 Å². The third-order valence-corrected chi connectivity index (χ3v) is 6.87. The van der Waals surface area contributed by atoms with E-state index in [1.165, 1.54) is 7.11 Å². The van der Waals surface area contributed by atoms with Crippen LogP contribution < -0.4 is 5.32 Å². The SMILES string of the molecule is COCC(F)(F)CN1CCc2c(ccc3[nH]ncc23)C1c1ccc(NC2CN(CCCF)C2)cn1. The molecule has 35 heavy (non-hydrogen) atoms. The Morgan fingerprint density at radius 1 is 1.20 bits per heavy atom. The van der Waals surface area contributed by atoms with Gasteiger partial charge in [0.15, 0.2) is 0 Å². The monoisotopic (exact) mass is 488 g/mol. The van der Waals surface area contributed by atoms with E-state index in [-0.39, 0.29) is 6.67 Å². The predicted octanol–water partition coefficient (Wildman–Crippen LogP) is 3.64. The van der Waals surface area contributed by atoms with E-state index in [9.17, 15) is 13.2 Å². The van der Waals surface area contributed by atoms with Crippen molar-refractivity contribution in [2.75, 3.05) is 58.4 Å². The molecule has 2 aromatic heterocycles. The number of ether oxygens (including phenoxy) is 1. The van der Waals surface area contributed by atoms with E-state index in [0.29, 0.717) is 25.4 Å². The van der Waals surface area contributed by atoms with Gasteiger partial charge < -0.3 is 10.1 Å². The molecule has 0 spiro atoms. The number of methoxy groups -OCH3 is 1. The quantitative estimate of drug-likeness (QED) is 0.454. The average Bonchev–Trinajstić information content (AvgIpc) is 3.30. The largest absolute Gasteiger partial charge is 0.378 e. The number of nitrogens with one attached hydrogen (secondary N) is 2. The first-order chi connectivity index (χ1) is 17.0. The fourth-order valence-electron chi connectivity index (χ4n) is 5.30. The van der Waals surface area contributed by atoms with Crippen LogP contribution in [0, 0.1) is 0 Å². The third-order valence-electron chi connectivity index (χ3n) is 6.87. The van der Waals surface area contributed by atoms with Crippen molar-refractivity contribution in [3.8, 4) is 0 Å². The van der Waals surface area contributed by atoms with Crippen molar-refractivity contribution in [2.45, 2.75) is 30.8 Å². The number of halogens is 3. The van der Waals surface area contributed by atoms with E-state index in [2.05, 4.69) is 20.4 Å². The summed E-state index contributed by atoms with van der Waals surface area (Å²) in [5.74, 6) is -2.97. The Hall–Kier alpha value is -2.69. The van der Waals surface area contributed by atoms with Crippen LogP contribution in [-0.4, -0.2) is 90.1 Å². The molecule has 0 saturated carbocycles. The van der Waals surface area contributed by atoms with Crippen LogP contribution in [0.3, 0.4) is 0 Å². The van der Waals surface area contributed by atoms with Crippen LogP contribution in [-0.2, 0) is 11.2 Å². The van der Waals surface area contributed by atoms with Crippen molar-refractivity contribution < 1.29 is 17.9 Å². The topological polar surface area (TPSA) is 69.3 Å². The van der Waals surface area contributed by atoms with Crippen molar-refractivity contribution in [1.29, 1.82) is 0 Å². The number of pyridine rings is 1. The van der Waals surface area contributed by atoms with Crippen LogP contribution in [0.5, 0.6) is 0 Å². The van der Waals surface area contributed by atoms with E-state index in [1.54, 1.807) is 17.3 Å². The second-order valence-electron chi connectivity index (χ2n) is 9.49. The van der Waals surface area contributed by atoms with Crippen LogP contribution >= 0.6 is 0 Å². The van der Waals surface area contributed by atoms with Gasteiger partial charge in [-0.1, -0.05) is 6.07 Å². The van der Waals surface area contributed by atoms with Crippen molar-refractivity contribution in [3.63, 3.8) is 0 Å². The smallest absolute Gasteiger partial charge is 0.283 e. The molecule has 3 aromatic rings. The maximum absolute atomic E-state index is 14.6. The highest BCUT2D eigenvalue weighted by Gasteiger charge is 2.39. The van der Waals surface area contributed by atoms with Gasteiger partial charge in [-0.2, -0.15) is 5.10 Å². The Morgan fingerprint density at radius 2 is 2.06 bits per heavy atom. The summed E-state index contributed by atoms with van der Waals surface area (Å²) in [5.41, 5.74) is 4.66. The molecular formula is C25H31F3N6O. The molecule has 0 amide bonds. The molecule has 2 aliphatic rings. The van der Waals surface area contributed by atoms with Gasteiger partial charge in [0.25, 0.3) is 5.92 Å². The minimum absolute atomic E-state index is 0.287. The minimum atomic E-state index is -2.97. The Bertz CT molecular complexity index is 1130. The molecule has 0 radical (unpaired) electrons. The number of rotatable bonds is 10. The number of aromatic amines is 1. The van der Waals surface area contributed by atoms with Crippen LogP contribution in [0.2, 0.25) is 0 Å². The summed E-state index contributed by atoms with van der Waals surface area (Å²) < 4.78 is 46.3. The lowest BCUT2D eigenvalue weighted by Crippen LogP contribution is -2.54. The van der Waals surface area contributed by atoms with Crippen LogP contribution in [0.4, 0.5) is 18.9 Å². The average molecular weight is 489 g/mol. The number of hydrogen-bond acceptors (Lipinski definition) is 6. The van der Waals surface area contributed by atoms with Gasteiger partial charge in [0.05, 0.1) is 54.6 Å². The van der Waals surface area contributed by atoms with Gasteiger partial charge in [0.1, 0.15) is 6.61 Å². The Labute approximate surface area is 202 Å². The summed E-state index contributed by atoms with van der Waals surface area (Å²) in [6, 6.07) is 7.73. The van der Waals surface area contributed by atoms with E-state index >= 15 is 0 Å². The fourth-order valence-corrected chi connectivity index (χ4v) is 5.30. The number of aromatic nitrogens is 3. The van der Waals surface area contributed by atoms with Crippen LogP contribution in [0.15, 0.2) is 36.7 Å². The zero-order chi connectivity index (χ0) is 24.4. The number of benzene rings is 1. The number of nitrogens with zero attached hydrogens (tertiary/aromatic N) is 4. The first kappa shape index (κ1) is 24.0. The standard InChI is InChI=1S/C25H31F3N6O/c1-35-16-25(27,28)15-34-10-7-19-20(4-6-22-21(19)12-30-32-22)24(34)23-5-3-17(11-29-23)31-18-13-33(14-18)9-2-8-26/h3-6,11-12,18,24,31H,2,7-10,13-16H2,1H3,(H,30,32). The highest BCUT2D eigenvalue weighted by atomic mass is 19.3. The zero-order valence-electron chi connectivity index (χ0n) is 19.8. The number of fused-ring (bicyclic) bond motifs is 3. The number of anilines is 1. The van der Waals surface area contributed by atoms with Crippen molar-refractivity contribution in [2.24, 2.45) is 0 Å². The predicted molar refractivity (Wildman–Crippen MR) is 129 cm³/mol. The van der Waals surface area contributed by atoms with Gasteiger partial charge in [0.2, 0.25) is 0 Å². The van der Waals surface area contributed by atoms with E-state index in [0.717, 1.165) is 53.0 Å². The zero-order valence-corrected chi connectivity index (χ0v) is 19.8. The van der Waals surface area contributed by atoms with E-state index < -0.39 is 25.1 Å². The summed E-state index contributed by atoms with van der Waals surface area (Å²) >= 11 is 0. The second-order valence-corrected chi connectivity index (χ2v) is 9.49. The summed E-state index contributed by atoms with van der Waals surface area (Å²) in [4.78, 5) is 8.73. The molecule has 1 fully saturated rings. The highest BCUT2D eigenvalue weighted by molar-refractivity contribution is 5.83. The van der Waals surface area contributed by atoms with Gasteiger partial charge in [0, 0.05) is 38.7 Å². The van der Waals surface area contributed by atoms with Gasteiger partial charge in [-0.05, 0) is 42.2 Å². The third kappa shape index (κ3) is 5.14. The van der Waals surface area contributed by atoms with Gasteiger partial charge in [-0.15, -0.1) is 0 Å². The molecule has 5 rings (SSSR count). The molecule has 7 nitrogen and oxygen atoms in total. The Kier molecular flexibility index (Phi) is 6.95. The molecule has 1 unspecified atom stereocenters. The molecule has 1 aromatic carbocycles. The van der Waals surface area contributed by atoms with Crippen molar-refractivity contribution in [3.05, 3.63) is 53.5 Å². The lowest BCUT2D eigenvalue weighted by molar-refractivity contribution is -0.0895. The first-order valence-corrected chi connectivity index (χ1v) is 12.0. The van der Waals surface area contributed by atoms with Crippen molar-refractivity contribution in [1.82, 2.24) is 25.0 Å². The summed E-state index contributed by atoms with van der Waals surface area (Å²) in [5, 5.41) is 11.6. The number of hydrogen-bond donors (Lipinski definition) is 2. The molecule has 4 heterocycles. The molecule has 0 aliphatic carbocycles. The normalized spacial score (nSPS) is 19.6. The molecular weight excluding hydrogens is 457 g/mol. The number of alkyl halides is 3. The fraction of sp³-hybridized carbons (Fsp3) is 0.520. The Morgan fingerprint density at radius 3 is 2.80 bits per heavy atom. The lowest BCUT2D eigenvalue weighted by Gasteiger charge is -2.40. The first-order valence-electron chi connectivity index (χ1n) is 12.0. The summed E-state index contributed by atoms with van der Waals surface area (Å²) in [7, 11) is 1.29. The maximum Gasteiger partial charge on any atom is 0.283 e. The van der Waals surface area contributed by atoms with E-state index in [4.69, 9.17) is 9.72 Å². The number of likely N-dealkylation sites (tertiary alicyclic amines) is 1. The van der Waals surface area contributed by atoms with E-state index in [1.807, 2.05) is 24.3 Å². The summed E-state index contributed by atoms with van der Waals surface area (Å²) in [6.07, 6.45) is 4.80. The Balaban J connectivity index is 1.38.